The van der Waals surface area contributed by atoms with Crippen LogP contribution in [0, 0.1) is 0 Å². The Hall–Kier alpha value is -2.90. The summed E-state index contributed by atoms with van der Waals surface area (Å²) >= 11 is 0. The summed E-state index contributed by atoms with van der Waals surface area (Å²) in [5.74, 6) is 0.904. The van der Waals surface area contributed by atoms with Gasteiger partial charge in [-0.25, -0.2) is 4.79 Å². The Kier molecular flexibility index (Phi) is 6.48. The molecule has 170 valence electrons. The molecule has 2 aromatic carbocycles. The van der Waals surface area contributed by atoms with Gasteiger partial charge in [0.2, 0.25) is 0 Å². The van der Waals surface area contributed by atoms with Gasteiger partial charge >= 0.3 is 11.9 Å². The topological polar surface area (TPSA) is 74.3 Å². The zero-order chi connectivity index (χ0) is 22.7. The SMILES string of the molecule is CC(C)(C)OC(=O)CCN1CCOC(c2ccc(Oc3ccc4c(c3)COC4=O)cc2)C1. The van der Waals surface area contributed by atoms with Crippen molar-refractivity contribution in [2.45, 2.75) is 45.5 Å². The molecule has 0 amide bonds. The molecule has 4 rings (SSSR count). The Morgan fingerprint density at radius 3 is 2.62 bits per heavy atom. The number of fused-ring (bicyclic) bond motifs is 1. The second kappa shape index (κ2) is 9.30. The Morgan fingerprint density at radius 1 is 1.12 bits per heavy atom. The Labute approximate surface area is 188 Å². The maximum atomic E-state index is 12.0. The van der Waals surface area contributed by atoms with E-state index in [0.717, 1.165) is 24.2 Å². The average molecular weight is 440 g/mol. The van der Waals surface area contributed by atoms with Crippen molar-refractivity contribution in [1.29, 1.82) is 0 Å². The molecule has 0 bridgehead atoms. The molecule has 1 unspecified atom stereocenters. The molecule has 2 aliphatic heterocycles. The Balaban J connectivity index is 1.31. The van der Waals surface area contributed by atoms with Crippen LogP contribution in [-0.2, 0) is 25.6 Å². The fraction of sp³-hybridized carbons (Fsp3) is 0.440. The minimum Gasteiger partial charge on any atom is -0.460 e. The maximum absolute atomic E-state index is 12.0. The van der Waals surface area contributed by atoms with E-state index >= 15 is 0 Å². The van der Waals surface area contributed by atoms with Crippen LogP contribution in [0.2, 0.25) is 0 Å². The van der Waals surface area contributed by atoms with Crippen LogP contribution in [0.15, 0.2) is 42.5 Å². The van der Waals surface area contributed by atoms with Crippen molar-refractivity contribution in [2.24, 2.45) is 0 Å². The highest BCUT2D eigenvalue weighted by molar-refractivity contribution is 5.93. The molecule has 7 nitrogen and oxygen atoms in total. The second-order valence-corrected chi connectivity index (χ2v) is 9.06. The highest BCUT2D eigenvalue weighted by Crippen LogP contribution is 2.30. The number of hydrogen-bond donors (Lipinski definition) is 0. The monoisotopic (exact) mass is 439 g/mol. The zero-order valence-corrected chi connectivity index (χ0v) is 18.8. The van der Waals surface area contributed by atoms with Crippen molar-refractivity contribution in [1.82, 2.24) is 4.90 Å². The molecule has 1 fully saturated rings. The van der Waals surface area contributed by atoms with E-state index in [2.05, 4.69) is 4.90 Å². The minimum absolute atomic E-state index is 0.0559. The van der Waals surface area contributed by atoms with Gasteiger partial charge in [-0.05, 0) is 56.7 Å². The number of esters is 2. The number of hydrogen-bond acceptors (Lipinski definition) is 7. The lowest BCUT2D eigenvalue weighted by molar-refractivity contribution is -0.155. The molecule has 0 aliphatic carbocycles. The standard InChI is InChI=1S/C25H29NO6/c1-25(2,3)32-23(27)10-11-26-12-13-29-22(15-26)17-4-6-19(7-5-17)31-20-8-9-21-18(14-20)16-30-24(21)28/h4-9,14,22H,10-13,15-16H2,1-3H3. The van der Waals surface area contributed by atoms with Crippen molar-refractivity contribution < 1.29 is 28.5 Å². The normalized spacial score (nSPS) is 18.7. The lowest BCUT2D eigenvalue weighted by Gasteiger charge is -2.33. The van der Waals surface area contributed by atoms with Crippen LogP contribution in [0.3, 0.4) is 0 Å². The van der Waals surface area contributed by atoms with Crippen LogP contribution in [-0.4, -0.2) is 48.7 Å². The van der Waals surface area contributed by atoms with Crippen LogP contribution in [0.25, 0.3) is 0 Å². The zero-order valence-electron chi connectivity index (χ0n) is 18.8. The van der Waals surface area contributed by atoms with E-state index < -0.39 is 5.60 Å². The van der Waals surface area contributed by atoms with Crippen molar-refractivity contribution in [3.8, 4) is 11.5 Å². The third-order valence-electron chi connectivity index (χ3n) is 5.35. The van der Waals surface area contributed by atoms with Crippen molar-refractivity contribution in [3.05, 3.63) is 59.2 Å². The number of morpholine rings is 1. The van der Waals surface area contributed by atoms with Gasteiger partial charge in [0.05, 0.1) is 24.7 Å². The number of carbonyl (C=O) groups excluding carboxylic acids is 2. The average Bonchev–Trinajstić information content (AvgIpc) is 3.12. The summed E-state index contributed by atoms with van der Waals surface area (Å²) in [6, 6.07) is 13.2. The molecule has 32 heavy (non-hydrogen) atoms. The third-order valence-corrected chi connectivity index (χ3v) is 5.35. The van der Waals surface area contributed by atoms with Gasteiger partial charge in [0.25, 0.3) is 0 Å². The molecule has 0 spiro atoms. The molecule has 0 saturated carbocycles. The van der Waals surface area contributed by atoms with Gasteiger partial charge in [0, 0.05) is 25.2 Å². The quantitative estimate of drug-likeness (QED) is 0.623. The molecule has 1 saturated heterocycles. The van der Waals surface area contributed by atoms with Gasteiger partial charge in [0.1, 0.15) is 23.7 Å². The van der Waals surface area contributed by atoms with Crippen molar-refractivity contribution >= 4 is 11.9 Å². The predicted molar refractivity (Wildman–Crippen MR) is 118 cm³/mol. The second-order valence-electron chi connectivity index (χ2n) is 9.06. The molecule has 2 aromatic rings. The molecule has 0 radical (unpaired) electrons. The van der Waals surface area contributed by atoms with Crippen LogP contribution in [0.1, 0.15) is 54.8 Å². The third kappa shape index (κ3) is 5.66. The first-order valence-electron chi connectivity index (χ1n) is 10.9. The molecular formula is C25H29NO6. The molecular weight excluding hydrogens is 410 g/mol. The van der Waals surface area contributed by atoms with E-state index in [1.165, 1.54) is 0 Å². The molecule has 2 aliphatic rings. The van der Waals surface area contributed by atoms with Gasteiger partial charge < -0.3 is 18.9 Å². The van der Waals surface area contributed by atoms with Crippen molar-refractivity contribution in [2.75, 3.05) is 26.2 Å². The lowest BCUT2D eigenvalue weighted by Crippen LogP contribution is -2.39. The van der Waals surface area contributed by atoms with Gasteiger partial charge in [-0.1, -0.05) is 12.1 Å². The van der Waals surface area contributed by atoms with E-state index in [-0.39, 0.29) is 24.6 Å². The lowest BCUT2D eigenvalue weighted by atomic mass is 10.1. The molecule has 0 aromatic heterocycles. The minimum atomic E-state index is -0.459. The maximum Gasteiger partial charge on any atom is 0.338 e. The summed E-state index contributed by atoms with van der Waals surface area (Å²) in [4.78, 5) is 25.8. The first-order chi connectivity index (χ1) is 15.3. The summed E-state index contributed by atoms with van der Waals surface area (Å²) < 4.78 is 22.3. The summed E-state index contributed by atoms with van der Waals surface area (Å²) in [5.41, 5.74) is 2.04. The molecule has 1 atom stereocenters. The molecule has 0 N–H and O–H groups in total. The van der Waals surface area contributed by atoms with Crippen LogP contribution in [0.5, 0.6) is 11.5 Å². The number of rotatable bonds is 6. The smallest absolute Gasteiger partial charge is 0.338 e. The van der Waals surface area contributed by atoms with Gasteiger partial charge in [-0.2, -0.15) is 0 Å². The summed E-state index contributed by atoms with van der Waals surface area (Å²) in [5, 5.41) is 0. The van der Waals surface area contributed by atoms with Crippen LogP contribution < -0.4 is 4.74 Å². The summed E-state index contributed by atoms with van der Waals surface area (Å²) in [7, 11) is 0. The van der Waals surface area contributed by atoms with E-state index in [1.54, 1.807) is 12.1 Å². The predicted octanol–water partition coefficient (Wildman–Crippen LogP) is 4.25. The number of cyclic esters (lactones) is 1. The highest BCUT2D eigenvalue weighted by Gasteiger charge is 2.24. The van der Waals surface area contributed by atoms with Crippen LogP contribution >= 0.6 is 0 Å². The van der Waals surface area contributed by atoms with Crippen LogP contribution in [0.4, 0.5) is 0 Å². The molecule has 2 heterocycles. The molecule has 7 heteroatoms. The summed E-state index contributed by atoms with van der Waals surface area (Å²) in [6.45, 7) is 8.71. The first-order valence-corrected chi connectivity index (χ1v) is 10.9. The number of carbonyl (C=O) groups is 2. The number of benzene rings is 2. The summed E-state index contributed by atoms with van der Waals surface area (Å²) in [6.07, 6.45) is 0.313. The van der Waals surface area contributed by atoms with E-state index in [0.29, 0.717) is 36.6 Å². The van der Waals surface area contributed by atoms with Gasteiger partial charge in [0.15, 0.2) is 0 Å². The fourth-order valence-corrected chi connectivity index (χ4v) is 3.81. The number of nitrogens with zero attached hydrogens (tertiary/aromatic N) is 1. The largest absolute Gasteiger partial charge is 0.460 e. The highest BCUT2D eigenvalue weighted by atomic mass is 16.6. The Morgan fingerprint density at radius 2 is 1.88 bits per heavy atom. The van der Waals surface area contributed by atoms with Gasteiger partial charge in [-0.15, -0.1) is 0 Å². The van der Waals surface area contributed by atoms with E-state index in [1.807, 2.05) is 51.1 Å². The van der Waals surface area contributed by atoms with Gasteiger partial charge in [-0.3, -0.25) is 9.69 Å². The van der Waals surface area contributed by atoms with E-state index in [4.69, 9.17) is 18.9 Å². The van der Waals surface area contributed by atoms with Crippen molar-refractivity contribution in [3.63, 3.8) is 0 Å². The van der Waals surface area contributed by atoms with E-state index in [9.17, 15) is 9.59 Å². The Bertz CT molecular complexity index is 979. The number of ether oxygens (including phenoxy) is 4. The fourth-order valence-electron chi connectivity index (χ4n) is 3.81. The first kappa shape index (κ1) is 22.3.